The van der Waals surface area contributed by atoms with Gasteiger partial charge in [-0.15, -0.1) is 0 Å². The molecule has 1 aromatic carbocycles. The van der Waals surface area contributed by atoms with Gasteiger partial charge in [0.25, 0.3) is 5.91 Å². The van der Waals surface area contributed by atoms with Gasteiger partial charge < -0.3 is 19.6 Å². The van der Waals surface area contributed by atoms with E-state index in [2.05, 4.69) is 18.7 Å². The lowest BCUT2D eigenvalue weighted by Gasteiger charge is -2.34. The number of ether oxygens (including phenoxy) is 1. The highest BCUT2D eigenvalue weighted by Gasteiger charge is 2.32. The molecule has 0 spiro atoms. The van der Waals surface area contributed by atoms with E-state index in [1.54, 1.807) is 29.2 Å². The summed E-state index contributed by atoms with van der Waals surface area (Å²) >= 11 is 0. The van der Waals surface area contributed by atoms with E-state index in [-0.39, 0.29) is 18.4 Å². The van der Waals surface area contributed by atoms with Crippen molar-refractivity contribution in [2.75, 3.05) is 39.3 Å². The number of aliphatic carboxylic acids is 1. The van der Waals surface area contributed by atoms with Crippen LogP contribution in [0.25, 0.3) is 0 Å². The van der Waals surface area contributed by atoms with Crippen molar-refractivity contribution in [2.24, 2.45) is 11.8 Å². The summed E-state index contributed by atoms with van der Waals surface area (Å²) in [5.41, 5.74) is 0.569. The second-order valence-electron chi connectivity index (χ2n) is 6.99. The van der Waals surface area contributed by atoms with Crippen molar-refractivity contribution in [1.29, 1.82) is 0 Å². The quantitative estimate of drug-likeness (QED) is 0.770. The number of carbonyl (C=O) groups excluding carboxylic acids is 1. The Morgan fingerprint density at radius 2 is 1.85 bits per heavy atom. The molecule has 0 aromatic heterocycles. The number of likely N-dealkylation sites (tertiary alicyclic amines) is 1. The lowest BCUT2D eigenvalue weighted by Crippen LogP contribution is -2.45. The monoisotopic (exact) mass is 362 g/mol. The Hall–Kier alpha value is -2.08. The van der Waals surface area contributed by atoms with Gasteiger partial charge in [0.2, 0.25) is 0 Å². The summed E-state index contributed by atoms with van der Waals surface area (Å²) in [5, 5.41) is 9.26. The molecule has 6 nitrogen and oxygen atoms in total. The fourth-order valence-corrected chi connectivity index (χ4v) is 3.41. The number of likely N-dealkylation sites (N-methyl/N-ethyl adjacent to an activating group) is 1. The Balaban J connectivity index is 1.92. The van der Waals surface area contributed by atoms with Crippen LogP contribution < -0.4 is 4.74 Å². The standard InChI is InChI=1S/C20H30N2O4/c1-4-21(5-2)10-11-26-18-8-6-16(7-9-18)19(23)22-13-15(3)12-17(14-22)20(24)25/h6-9,15,17H,4-5,10-14H2,1-3H3,(H,24,25). The molecule has 0 radical (unpaired) electrons. The molecule has 26 heavy (non-hydrogen) atoms. The molecule has 1 aliphatic heterocycles. The molecule has 144 valence electrons. The van der Waals surface area contributed by atoms with Crippen molar-refractivity contribution in [1.82, 2.24) is 9.80 Å². The third-order valence-electron chi connectivity index (χ3n) is 4.97. The van der Waals surface area contributed by atoms with Crippen molar-refractivity contribution in [3.8, 4) is 5.75 Å². The van der Waals surface area contributed by atoms with Crippen molar-refractivity contribution >= 4 is 11.9 Å². The van der Waals surface area contributed by atoms with Gasteiger partial charge in [0.05, 0.1) is 5.92 Å². The van der Waals surface area contributed by atoms with Gasteiger partial charge in [-0.3, -0.25) is 9.59 Å². The van der Waals surface area contributed by atoms with E-state index in [1.807, 2.05) is 6.92 Å². The molecule has 0 saturated carbocycles. The Bertz CT molecular complexity index is 598. The third kappa shape index (κ3) is 5.46. The van der Waals surface area contributed by atoms with Gasteiger partial charge in [0.15, 0.2) is 0 Å². The van der Waals surface area contributed by atoms with Crippen LogP contribution in [-0.4, -0.2) is 66.1 Å². The summed E-state index contributed by atoms with van der Waals surface area (Å²) < 4.78 is 5.74. The molecule has 0 bridgehead atoms. The fraction of sp³-hybridized carbons (Fsp3) is 0.600. The van der Waals surface area contributed by atoms with E-state index < -0.39 is 11.9 Å². The summed E-state index contributed by atoms with van der Waals surface area (Å²) in [6, 6.07) is 7.11. The molecule has 1 heterocycles. The molecular weight excluding hydrogens is 332 g/mol. The number of amides is 1. The Morgan fingerprint density at radius 1 is 1.19 bits per heavy atom. The van der Waals surface area contributed by atoms with E-state index in [0.717, 1.165) is 25.4 Å². The number of rotatable bonds is 8. The number of nitrogens with zero attached hydrogens (tertiary/aromatic N) is 2. The second kappa shape index (κ2) is 9.57. The van der Waals surface area contributed by atoms with Gasteiger partial charge >= 0.3 is 5.97 Å². The number of piperidine rings is 1. The first kappa shape index (κ1) is 20.2. The highest BCUT2D eigenvalue weighted by molar-refractivity contribution is 5.94. The highest BCUT2D eigenvalue weighted by Crippen LogP contribution is 2.24. The van der Waals surface area contributed by atoms with Crippen molar-refractivity contribution < 1.29 is 19.4 Å². The molecular formula is C20H30N2O4. The normalized spacial score (nSPS) is 20.2. The van der Waals surface area contributed by atoms with E-state index in [9.17, 15) is 14.7 Å². The van der Waals surface area contributed by atoms with E-state index in [4.69, 9.17) is 4.74 Å². The molecule has 1 aliphatic rings. The number of hydrogen-bond donors (Lipinski definition) is 1. The summed E-state index contributed by atoms with van der Waals surface area (Å²) in [6.45, 7) is 10.6. The zero-order valence-electron chi connectivity index (χ0n) is 16.0. The molecule has 1 saturated heterocycles. The average molecular weight is 362 g/mol. The molecule has 1 fully saturated rings. The maximum absolute atomic E-state index is 12.7. The largest absolute Gasteiger partial charge is 0.492 e. The minimum atomic E-state index is -0.827. The Kier molecular flexibility index (Phi) is 7.45. The van der Waals surface area contributed by atoms with Crippen molar-refractivity contribution in [2.45, 2.75) is 27.2 Å². The van der Waals surface area contributed by atoms with E-state index in [0.29, 0.717) is 25.1 Å². The van der Waals surface area contributed by atoms with Crippen LogP contribution in [0.4, 0.5) is 0 Å². The van der Waals surface area contributed by atoms with Gasteiger partial charge in [0.1, 0.15) is 12.4 Å². The van der Waals surface area contributed by atoms with Crippen molar-refractivity contribution in [3.05, 3.63) is 29.8 Å². The predicted octanol–water partition coefficient (Wildman–Crippen LogP) is 2.59. The molecule has 6 heteroatoms. The average Bonchev–Trinajstić information content (AvgIpc) is 2.64. The summed E-state index contributed by atoms with van der Waals surface area (Å²) in [7, 11) is 0. The molecule has 0 aliphatic carbocycles. The number of carboxylic acids is 1. The molecule has 2 atom stereocenters. The number of hydrogen-bond acceptors (Lipinski definition) is 4. The highest BCUT2D eigenvalue weighted by atomic mass is 16.5. The minimum Gasteiger partial charge on any atom is -0.492 e. The fourth-order valence-electron chi connectivity index (χ4n) is 3.41. The first-order valence-corrected chi connectivity index (χ1v) is 9.41. The molecule has 2 unspecified atom stereocenters. The van der Waals surface area contributed by atoms with Crippen LogP contribution in [0.2, 0.25) is 0 Å². The smallest absolute Gasteiger partial charge is 0.308 e. The maximum Gasteiger partial charge on any atom is 0.308 e. The third-order valence-corrected chi connectivity index (χ3v) is 4.97. The number of carboxylic acid groups (broad SMARTS) is 1. The lowest BCUT2D eigenvalue weighted by molar-refractivity contribution is -0.143. The number of benzene rings is 1. The molecule has 1 aromatic rings. The first-order chi connectivity index (χ1) is 12.4. The molecule has 1 amide bonds. The van der Waals surface area contributed by atoms with E-state index in [1.165, 1.54) is 0 Å². The first-order valence-electron chi connectivity index (χ1n) is 9.41. The zero-order chi connectivity index (χ0) is 19.1. The van der Waals surface area contributed by atoms with Crippen LogP contribution in [0.3, 0.4) is 0 Å². The van der Waals surface area contributed by atoms with Crippen LogP contribution in [0, 0.1) is 11.8 Å². The maximum atomic E-state index is 12.7. The predicted molar refractivity (Wildman–Crippen MR) is 101 cm³/mol. The van der Waals surface area contributed by atoms with E-state index >= 15 is 0 Å². The van der Waals surface area contributed by atoms with Gasteiger partial charge in [-0.2, -0.15) is 0 Å². The lowest BCUT2D eigenvalue weighted by atomic mass is 9.90. The number of carbonyl (C=O) groups is 2. The topological polar surface area (TPSA) is 70.1 Å². The van der Waals surface area contributed by atoms with Gasteiger partial charge in [-0.1, -0.05) is 20.8 Å². The SMILES string of the molecule is CCN(CC)CCOc1ccc(C(=O)N2CC(C)CC(C(=O)O)C2)cc1. The summed E-state index contributed by atoms with van der Waals surface area (Å²) in [5.74, 6) is -0.491. The molecule has 1 N–H and O–H groups in total. The van der Waals surface area contributed by atoms with Gasteiger partial charge in [-0.05, 0) is 49.7 Å². The van der Waals surface area contributed by atoms with Gasteiger partial charge in [0, 0.05) is 25.2 Å². The summed E-state index contributed by atoms with van der Waals surface area (Å²) in [6.07, 6.45) is 0.623. The van der Waals surface area contributed by atoms with Crippen LogP contribution >= 0.6 is 0 Å². The Labute approximate surface area is 155 Å². The minimum absolute atomic E-state index is 0.113. The Morgan fingerprint density at radius 3 is 2.42 bits per heavy atom. The second-order valence-corrected chi connectivity index (χ2v) is 6.99. The van der Waals surface area contributed by atoms with Crippen LogP contribution in [0.1, 0.15) is 37.6 Å². The van der Waals surface area contributed by atoms with Crippen LogP contribution in [0.15, 0.2) is 24.3 Å². The van der Waals surface area contributed by atoms with Gasteiger partial charge in [-0.25, -0.2) is 0 Å². The van der Waals surface area contributed by atoms with Crippen LogP contribution in [0.5, 0.6) is 5.75 Å². The van der Waals surface area contributed by atoms with Crippen molar-refractivity contribution in [3.63, 3.8) is 0 Å². The zero-order valence-corrected chi connectivity index (χ0v) is 16.0. The van der Waals surface area contributed by atoms with Crippen LogP contribution in [-0.2, 0) is 4.79 Å². The molecule has 2 rings (SSSR count). The summed E-state index contributed by atoms with van der Waals surface area (Å²) in [4.78, 5) is 27.9.